The van der Waals surface area contributed by atoms with Crippen LogP contribution in [0.1, 0.15) is 27.9 Å². The van der Waals surface area contributed by atoms with Crippen LogP contribution in [0.25, 0.3) is 0 Å². The Kier molecular flexibility index (Phi) is 3.51. The average molecular weight is 265 g/mol. The van der Waals surface area contributed by atoms with Crippen molar-refractivity contribution in [3.05, 3.63) is 29.1 Å². The van der Waals surface area contributed by atoms with E-state index in [0.717, 1.165) is 6.20 Å². The Bertz CT molecular complexity index is 357. The predicted octanol–water partition coefficient (Wildman–Crippen LogP) is 2.01. The number of hydrogen-bond acceptors (Lipinski definition) is 2. The van der Waals surface area contributed by atoms with Crippen molar-refractivity contribution >= 4 is 21.8 Å². The molecule has 0 aliphatic heterocycles. The summed E-state index contributed by atoms with van der Waals surface area (Å²) < 4.78 is 24.9. The number of halogens is 3. The van der Waals surface area contributed by atoms with Crippen LogP contribution in [0.15, 0.2) is 12.4 Å². The molecule has 1 heterocycles. The number of aromatic nitrogens is 1. The number of primary amides is 1. The lowest BCUT2D eigenvalue weighted by Crippen LogP contribution is -2.17. The average Bonchev–Trinajstić information content (AvgIpc) is 2.16. The number of hydrogen-bond donors (Lipinski definition) is 1. The van der Waals surface area contributed by atoms with Gasteiger partial charge in [-0.3, -0.25) is 9.78 Å². The van der Waals surface area contributed by atoms with Gasteiger partial charge in [0.15, 0.2) is 0 Å². The van der Waals surface area contributed by atoms with Gasteiger partial charge in [0.2, 0.25) is 5.91 Å². The summed E-state index contributed by atoms with van der Waals surface area (Å²) in [6, 6.07) is 0. The fourth-order valence-corrected chi connectivity index (χ4v) is 1.51. The van der Waals surface area contributed by atoms with Crippen molar-refractivity contribution in [2.75, 3.05) is 0 Å². The molecule has 0 saturated heterocycles. The van der Waals surface area contributed by atoms with Crippen molar-refractivity contribution in [3.8, 4) is 0 Å². The third kappa shape index (κ3) is 2.06. The molecule has 0 aliphatic rings. The van der Waals surface area contributed by atoms with Crippen molar-refractivity contribution in [2.45, 2.75) is 11.8 Å². The maximum atomic E-state index is 12.4. The molecular formula is C8H7BrF2N2O. The SMILES string of the molecule is NC(=O)c1c(CBr)cncc1C(F)F. The first-order valence-corrected chi connectivity index (χ1v) is 4.80. The minimum atomic E-state index is -2.75. The summed E-state index contributed by atoms with van der Waals surface area (Å²) in [4.78, 5) is 14.5. The van der Waals surface area contributed by atoms with Crippen LogP contribution < -0.4 is 5.73 Å². The van der Waals surface area contributed by atoms with Crippen LogP contribution in [0.5, 0.6) is 0 Å². The van der Waals surface area contributed by atoms with E-state index in [1.165, 1.54) is 6.20 Å². The minimum absolute atomic E-state index is 0.146. The van der Waals surface area contributed by atoms with Crippen LogP contribution in [0.2, 0.25) is 0 Å². The smallest absolute Gasteiger partial charge is 0.266 e. The van der Waals surface area contributed by atoms with Gasteiger partial charge in [0.1, 0.15) is 0 Å². The molecule has 1 aromatic heterocycles. The maximum absolute atomic E-state index is 12.4. The molecule has 1 rings (SSSR count). The normalized spacial score (nSPS) is 10.6. The van der Waals surface area contributed by atoms with Crippen LogP contribution >= 0.6 is 15.9 Å². The highest BCUT2D eigenvalue weighted by atomic mass is 79.9. The molecule has 0 radical (unpaired) electrons. The molecule has 0 unspecified atom stereocenters. The van der Waals surface area contributed by atoms with E-state index in [0.29, 0.717) is 5.56 Å². The third-order valence-corrected chi connectivity index (χ3v) is 2.28. The molecule has 0 saturated carbocycles. The summed E-state index contributed by atoms with van der Waals surface area (Å²) in [6.07, 6.45) is -0.457. The third-order valence-electron chi connectivity index (χ3n) is 1.68. The number of carbonyl (C=O) groups is 1. The highest BCUT2D eigenvalue weighted by Crippen LogP contribution is 2.25. The molecule has 0 atom stereocenters. The number of rotatable bonds is 3. The van der Waals surface area contributed by atoms with Gasteiger partial charge in [-0.05, 0) is 5.56 Å². The molecule has 0 bridgehead atoms. The van der Waals surface area contributed by atoms with Crippen LogP contribution in [0.4, 0.5) is 8.78 Å². The number of nitrogens with zero attached hydrogens (tertiary/aromatic N) is 1. The number of alkyl halides is 3. The lowest BCUT2D eigenvalue weighted by molar-refractivity contribution is 0.0985. The first-order valence-electron chi connectivity index (χ1n) is 3.68. The molecule has 76 valence electrons. The molecule has 6 heteroatoms. The Balaban J connectivity index is 3.35. The van der Waals surface area contributed by atoms with Crippen molar-refractivity contribution in [1.29, 1.82) is 0 Å². The zero-order chi connectivity index (χ0) is 10.7. The van der Waals surface area contributed by atoms with Crippen LogP contribution in [0, 0.1) is 0 Å². The monoisotopic (exact) mass is 264 g/mol. The van der Waals surface area contributed by atoms with E-state index in [-0.39, 0.29) is 10.9 Å². The van der Waals surface area contributed by atoms with Crippen molar-refractivity contribution in [1.82, 2.24) is 4.98 Å². The van der Waals surface area contributed by atoms with Crippen LogP contribution in [-0.2, 0) is 5.33 Å². The first kappa shape index (κ1) is 11.0. The van der Waals surface area contributed by atoms with Gasteiger partial charge in [-0.1, -0.05) is 15.9 Å². The summed E-state index contributed by atoms with van der Waals surface area (Å²) >= 11 is 3.07. The molecule has 14 heavy (non-hydrogen) atoms. The molecule has 0 fully saturated rings. The fourth-order valence-electron chi connectivity index (χ4n) is 1.09. The Hall–Kier alpha value is -1.04. The van der Waals surface area contributed by atoms with Crippen LogP contribution in [-0.4, -0.2) is 10.9 Å². The molecular weight excluding hydrogens is 258 g/mol. The van der Waals surface area contributed by atoms with Crippen molar-refractivity contribution < 1.29 is 13.6 Å². The highest BCUT2D eigenvalue weighted by molar-refractivity contribution is 9.08. The summed E-state index contributed by atoms with van der Waals surface area (Å²) in [5.41, 5.74) is 4.81. The van der Waals surface area contributed by atoms with E-state index < -0.39 is 17.9 Å². The summed E-state index contributed by atoms with van der Waals surface area (Å²) in [7, 11) is 0. The fraction of sp³-hybridized carbons (Fsp3) is 0.250. The molecule has 3 nitrogen and oxygen atoms in total. The number of carbonyl (C=O) groups excluding carboxylic acids is 1. The molecule has 1 amide bonds. The quantitative estimate of drug-likeness (QED) is 0.850. The highest BCUT2D eigenvalue weighted by Gasteiger charge is 2.19. The molecule has 0 aliphatic carbocycles. The maximum Gasteiger partial charge on any atom is 0.266 e. The Morgan fingerprint density at radius 1 is 1.57 bits per heavy atom. The van der Waals surface area contributed by atoms with Gasteiger partial charge < -0.3 is 5.73 Å². The van der Waals surface area contributed by atoms with Gasteiger partial charge >= 0.3 is 0 Å². The van der Waals surface area contributed by atoms with E-state index in [4.69, 9.17) is 5.73 Å². The number of nitrogens with two attached hydrogens (primary N) is 1. The van der Waals surface area contributed by atoms with E-state index in [1.54, 1.807) is 0 Å². The first-order chi connectivity index (χ1) is 6.57. The van der Waals surface area contributed by atoms with Crippen LogP contribution in [0.3, 0.4) is 0 Å². The minimum Gasteiger partial charge on any atom is -0.366 e. The van der Waals surface area contributed by atoms with E-state index in [9.17, 15) is 13.6 Å². The zero-order valence-corrected chi connectivity index (χ0v) is 8.59. The van der Waals surface area contributed by atoms with Gasteiger partial charge in [0, 0.05) is 23.3 Å². The van der Waals surface area contributed by atoms with E-state index in [1.807, 2.05) is 0 Å². The Labute approximate surface area is 87.4 Å². The van der Waals surface area contributed by atoms with Gasteiger partial charge in [-0.2, -0.15) is 0 Å². The van der Waals surface area contributed by atoms with E-state index in [2.05, 4.69) is 20.9 Å². The standard InChI is InChI=1S/C8H7BrF2N2O/c9-1-4-2-13-3-5(7(10)11)6(4)8(12)14/h2-3,7H,1H2,(H2,12,14). The lowest BCUT2D eigenvalue weighted by atomic mass is 10.1. The topological polar surface area (TPSA) is 56.0 Å². The lowest BCUT2D eigenvalue weighted by Gasteiger charge is -2.08. The Morgan fingerprint density at radius 2 is 2.21 bits per heavy atom. The molecule has 1 aromatic rings. The summed E-state index contributed by atoms with van der Waals surface area (Å²) in [5.74, 6) is -0.864. The van der Waals surface area contributed by atoms with E-state index >= 15 is 0 Å². The number of pyridine rings is 1. The zero-order valence-electron chi connectivity index (χ0n) is 7.01. The molecule has 0 spiro atoms. The predicted molar refractivity (Wildman–Crippen MR) is 50.3 cm³/mol. The molecule has 2 N–H and O–H groups in total. The number of amides is 1. The second kappa shape index (κ2) is 4.45. The second-order valence-corrected chi connectivity index (χ2v) is 3.12. The van der Waals surface area contributed by atoms with Gasteiger partial charge in [-0.15, -0.1) is 0 Å². The van der Waals surface area contributed by atoms with Gasteiger partial charge in [-0.25, -0.2) is 8.78 Å². The summed E-state index contributed by atoms with van der Waals surface area (Å²) in [6.45, 7) is 0. The summed E-state index contributed by atoms with van der Waals surface area (Å²) in [5, 5.41) is 0.263. The molecule has 0 aromatic carbocycles. The largest absolute Gasteiger partial charge is 0.366 e. The van der Waals surface area contributed by atoms with Crippen molar-refractivity contribution in [2.24, 2.45) is 5.73 Å². The van der Waals surface area contributed by atoms with Gasteiger partial charge in [0.05, 0.1) is 5.56 Å². The van der Waals surface area contributed by atoms with Gasteiger partial charge in [0.25, 0.3) is 6.43 Å². The van der Waals surface area contributed by atoms with Crippen molar-refractivity contribution in [3.63, 3.8) is 0 Å². The Morgan fingerprint density at radius 3 is 2.64 bits per heavy atom. The second-order valence-electron chi connectivity index (χ2n) is 2.56.